The number of aryl methyl sites for hydroxylation is 2. The Morgan fingerprint density at radius 2 is 1.48 bits per heavy atom. The van der Waals surface area contributed by atoms with E-state index in [1.807, 2.05) is 80.3 Å². The fourth-order valence-corrected chi connectivity index (χ4v) is 5.71. The highest BCUT2D eigenvalue weighted by atomic mass is 16.2. The number of benzene rings is 3. The number of unbranched alkanes of at least 4 members (excludes halogenated alkanes) is 8. The zero-order valence-electron chi connectivity index (χ0n) is 25.9. The first-order valence-electron chi connectivity index (χ1n) is 15.8. The summed E-state index contributed by atoms with van der Waals surface area (Å²) in [6.07, 6.45) is 11.4. The van der Waals surface area contributed by atoms with E-state index in [2.05, 4.69) is 25.1 Å². The van der Waals surface area contributed by atoms with Gasteiger partial charge in [0.25, 0.3) is 5.56 Å². The number of nitrogens with zero attached hydrogens (tertiary/aromatic N) is 3. The quantitative estimate of drug-likeness (QED) is 0.135. The number of hydrogen-bond donors (Lipinski definition) is 0. The molecule has 4 rings (SSSR count). The zero-order chi connectivity index (χ0) is 29.9. The van der Waals surface area contributed by atoms with Crippen molar-refractivity contribution in [2.75, 3.05) is 0 Å². The van der Waals surface area contributed by atoms with E-state index < -0.39 is 6.04 Å². The van der Waals surface area contributed by atoms with E-state index >= 15 is 0 Å². The molecule has 5 nitrogen and oxygen atoms in total. The van der Waals surface area contributed by atoms with Gasteiger partial charge in [-0.05, 0) is 62.1 Å². The van der Waals surface area contributed by atoms with Crippen LogP contribution in [-0.4, -0.2) is 20.4 Å². The van der Waals surface area contributed by atoms with Gasteiger partial charge in [-0.25, -0.2) is 4.98 Å². The minimum Gasteiger partial charge on any atom is -0.328 e. The molecule has 0 saturated heterocycles. The van der Waals surface area contributed by atoms with Crippen molar-refractivity contribution in [3.8, 4) is 5.69 Å². The summed E-state index contributed by atoms with van der Waals surface area (Å²) in [7, 11) is 0. The van der Waals surface area contributed by atoms with E-state index in [1.165, 1.54) is 44.9 Å². The Bertz CT molecular complexity index is 1510. The second-order valence-electron chi connectivity index (χ2n) is 11.7. The van der Waals surface area contributed by atoms with Crippen molar-refractivity contribution in [3.63, 3.8) is 0 Å². The highest BCUT2D eigenvalue weighted by Crippen LogP contribution is 2.27. The van der Waals surface area contributed by atoms with Crippen LogP contribution in [0.25, 0.3) is 16.6 Å². The molecule has 0 radical (unpaired) electrons. The first-order chi connectivity index (χ1) is 20.4. The molecule has 0 aliphatic heterocycles. The number of rotatable bonds is 15. The summed E-state index contributed by atoms with van der Waals surface area (Å²) >= 11 is 0. The predicted molar refractivity (Wildman–Crippen MR) is 174 cm³/mol. The van der Waals surface area contributed by atoms with E-state index in [4.69, 9.17) is 4.98 Å². The lowest BCUT2D eigenvalue weighted by Gasteiger charge is -2.31. The Morgan fingerprint density at radius 1 is 0.833 bits per heavy atom. The summed E-state index contributed by atoms with van der Waals surface area (Å²) in [6, 6.07) is 23.3. The minimum atomic E-state index is -0.409. The average Bonchev–Trinajstić information content (AvgIpc) is 3.00. The number of amides is 1. The molecule has 42 heavy (non-hydrogen) atoms. The molecule has 4 aromatic rings. The third-order valence-electron chi connectivity index (χ3n) is 8.26. The fraction of sp³-hybridized carbons (Fsp3) is 0.432. The molecular weight excluding hydrogens is 518 g/mol. The van der Waals surface area contributed by atoms with Gasteiger partial charge in [-0.3, -0.25) is 14.2 Å². The van der Waals surface area contributed by atoms with Crippen LogP contribution in [0.2, 0.25) is 0 Å². The second kappa shape index (κ2) is 15.5. The van der Waals surface area contributed by atoms with E-state index in [0.29, 0.717) is 29.7 Å². The molecule has 1 amide bonds. The largest absolute Gasteiger partial charge is 0.328 e. The van der Waals surface area contributed by atoms with Crippen LogP contribution in [0.4, 0.5) is 0 Å². The third kappa shape index (κ3) is 7.96. The molecule has 0 bridgehead atoms. The summed E-state index contributed by atoms with van der Waals surface area (Å²) in [5.74, 6) is 0.688. The molecule has 0 N–H and O–H groups in total. The minimum absolute atomic E-state index is 0.101. The standard InChI is InChI=1S/C37H47N3O2/c1-5-6-7-8-9-10-11-12-16-23-35(41)39(27-31-19-14-13-15-20-31)30(4)36-38-33-22-18-17-21-32(33)37(42)40(36)34-26-28(2)24-25-29(34)3/h13-15,17-22,24-26,30H,5-12,16,23,27H2,1-4H3. The van der Waals surface area contributed by atoms with E-state index in [0.717, 1.165) is 35.2 Å². The first kappa shape index (κ1) is 31.2. The Labute approximate surface area is 251 Å². The summed E-state index contributed by atoms with van der Waals surface area (Å²) in [5.41, 5.74) is 4.47. The number of carbonyl (C=O) groups is 1. The van der Waals surface area contributed by atoms with Crippen LogP contribution >= 0.6 is 0 Å². The van der Waals surface area contributed by atoms with Crippen LogP contribution in [-0.2, 0) is 11.3 Å². The second-order valence-corrected chi connectivity index (χ2v) is 11.7. The fourth-order valence-electron chi connectivity index (χ4n) is 5.71. The Morgan fingerprint density at radius 3 is 2.19 bits per heavy atom. The summed E-state index contributed by atoms with van der Waals surface area (Å²) in [4.78, 5) is 34.9. The highest BCUT2D eigenvalue weighted by molar-refractivity contribution is 5.79. The molecule has 1 aromatic heterocycles. The molecule has 0 aliphatic rings. The summed E-state index contributed by atoms with van der Waals surface area (Å²) in [5, 5.41) is 0.574. The van der Waals surface area contributed by atoms with Gasteiger partial charge in [-0.1, -0.05) is 113 Å². The zero-order valence-corrected chi connectivity index (χ0v) is 25.9. The van der Waals surface area contributed by atoms with Gasteiger partial charge >= 0.3 is 0 Å². The van der Waals surface area contributed by atoms with E-state index in [-0.39, 0.29) is 11.5 Å². The Balaban J connectivity index is 1.63. The van der Waals surface area contributed by atoms with Crippen molar-refractivity contribution >= 4 is 16.8 Å². The molecule has 3 aromatic carbocycles. The Hall–Kier alpha value is -3.73. The molecule has 5 heteroatoms. The van der Waals surface area contributed by atoms with Crippen molar-refractivity contribution in [2.24, 2.45) is 0 Å². The normalized spacial score (nSPS) is 12.0. The van der Waals surface area contributed by atoms with E-state index in [1.54, 1.807) is 4.57 Å². The maximum absolute atomic E-state index is 14.0. The topological polar surface area (TPSA) is 55.2 Å². The number of hydrogen-bond acceptors (Lipinski definition) is 3. The van der Waals surface area contributed by atoms with Gasteiger partial charge in [-0.15, -0.1) is 0 Å². The smallest absolute Gasteiger partial charge is 0.266 e. The summed E-state index contributed by atoms with van der Waals surface area (Å²) in [6.45, 7) is 8.77. The Kier molecular flexibility index (Phi) is 11.5. The molecule has 0 aliphatic carbocycles. The molecule has 0 fully saturated rings. The maximum Gasteiger partial charge on any atom is 0.266 e. The SMILES string of the molecule is CCCCCCCCCCCC(=O)N(Cc1ccccc1)C(C)c1nc2ccccc2c(=O)n1-c1cc(C)ccc1C. The molecule has 1 atom stereocenters. The number of carbonyl (C=O) groups excluding carboxylic acids is 1. The van der Waals surface area contributed by atoms with Crippen LogP contribution in [0.1, 0.15) is 107 Å². The van der Waals surface area contributed by atoms with Gasteiger partial charge in [0.2, 0.25) is 5.91 Å². The van der Waals surface area contributed by atoms with Gasteiger partial charge in [0, 0.05) is 13.0 Å². The van der Waals surface area contributed by atoms with Crippen molar-refractivity contribution in [1.82, 2.24) is 14.5 Å². The van der Waals surface area contributed by atoms with Crippen LogP contribution in [0.15, 0.2) is 77.6 Å². The predicted octanol–water partition coefficient (Wildman–Crippen LogP) is 9.01. The molecular formula is C37H47N3O2. The number of aromatic nitrogens is 2. The van der Waals surface area contributed by atoms with Crippen molar-refractivity contribution in [2.45, 2.75) is 104 Å². The molecule has 1 heterocycles. The van der Waals surface area contributed by atoms with Gasteiger partial charge in [-0.2, -0.15) is 0 Å². The first-order valence-corrected chi connectivity index (χ1v) is 15.8. The van der Waals surface area contributed by atoms with Crippen LogP contribution < -0.4 is 5.56 Å². The number of para-hydroxylation sites is 1. The van der Waals surface area contributed by atoms with Gasteiger partial charge in [0.15, 0.2) is 0 Å². The highest BCUT2D eigenvalue weighted by Gasteiger charge is 2.27. The lowest BCUT2D eigenvalue weighted by atomic mass is 10.1. The van der Waals surface area contributed by atoms with E-state index in [9.17, 15) is 9.59 Å². The molecule has 0 spiro atoms. The average molecular weight is 566 g/mol. The lowest BCUT2D eigenvalue weighted by Crippen LogP contribution is -2.37. The molecule has 1 unspecified atom stereocenters. The number of fused-ring (bicyclic) bond motifs is 1. The molecule has 222 valence electrons. The third-order valence-corrected chi connectivity index (χ3v) is 8.26. The van der Waals surface area contributed by atoms with Crippen molar-refractivity contribution in [1.29, 1.82) is 0 Å². The molecule has 0 saturated carbocycles. The van der Waals surface area contributed by atoms with Crippen LogP contribution in [0.3, 0.4) is 0 Å². The maximum atomic E-state index is 14.0. The lowest BCUT2D eigenvalue weighted by molar-refractivity contribution is -0.134. The van der Waals surface area contributed by atoms with Gasteiger partial charge in [0.05, 0.1) is 22.6 Å². The van der Waals surface area contributed by atoms with Gasteiger partial charge in [0.1, 0.15) is 5.82 Å². The van der Waals surface area contributed by atoms with Gasteiger partial charge < -0.3 is 4.90 Å². The van der Waals surface area contributed by atoms with Crippen LogP contribution in [0, 0.1) is 13.8 Å². The van der Waals surface area contributed by atoms with Crippen molar-refractivity contribution < 1.29 is 4.79 Å². The monoisotopic (exact) mass is 565 g/mol. The van der Waals surface area contributed by atoms with Crippen molar-refractivity contribution in [3.05, 3.63) is 106 Å². The summed E-state index contributed by atoms with van der Waals surface area (Å²) < 4.78 is 1.74. The van der Waals surface area contributed by atoms with Crippen LogP contribution in [0.5, 0.6) is 0 Å².